The molecular formula is C15H15NO4S. The van der Waals surface area contributed by atoms with Crippen LogP contribution < -0.4 is 5.32 Å². The van der Waals surface area contributed by atoms with E-state index in [1.807, 2.05) is 19.1 Å². The highest BCUT2D eigenvalue weighted by Crippen LogP contribution is 2.20. The zero-order valence-corrected chi connectivity index (χ0v) is 12.4. The molecule has 0 aliphatic rings. The van der Waals surface area contributed by atoms with E-state index in [0.29, 0.717) is 16.8 Å². The highest BCUT2D eigenvalue weighted by Gasteiger charge is 2.12. The summed E-state index contributed by atoms with van der Waals surface area (Å²) in [5, 5.41) is 2.71. The van der Waals surface area contributed by atoms with Crippen LogP contribution in [0.25, 0.3) is 0 Å². The minimum absolute atomic E-state index is 0.201. The Morgan fingerprint density at radius 2 is 1.67 bits per heavy atom. The predicted octanol–water partition coefficient (Wildman–Crippen LogP) is 2.80. The molecule has 0 unspecified atom stereocenters. The molecule has 0 bridgehead atoms. The van der Waals surface area contributed by atoms with Gasteiger partial charge >= 0.3 is 0 Å². The first kappa shape index (κ1) is 15.2. The van der Waals surface area contributed by atoms with Gasteiger partial charge in [0, 0.05) is 11.3 Å². The number of anilines is 1. The molecule has 5 nitrogen and oxygen atoms in total. The Kier molecular flexibility index (Phi) is 4.11. The van der Waals surface area contributed by atoms with Crippen LogP contribution in [-0.4, -0.2) is 18.9 Å². The molecule has 2 rings (SSSR count). The third-order valence-electron chi connectivity index (χ3n) is 3.06. The molecular weight excluding hydrogens is 290 g/mol. The summed E-state index contributed by atoms with van der Waals surface area (Å²) in [6.07, 6.45) is 0. The van der Waals surface area contributed by atoms with Crippen molar-refractivity contribution in [3.63, 3.8) is 0 Å². The molecule has 0 fully saturated rings. The summed E-state index contributed by atoms with van der Waals surface area (Å²) < 4.78 is 31.1. The largest absolute Gasteiger partial charge is 0.322 e. The van der Waals surface area contributed by atoms with E-state index in [4.69, 9.17) is 4.55 Å². The van der Waals surface area contributed by atoms with Gasteiger partial charge in [0.05, 0.1) is 4.90 Å². The molecule has 21 heavy (non-hydrogen) atoms. The standard InChI is InChI=1S/C15H15NO4S/c1-10-3-5-12(6-4-10)15(17)16-14-8-7-13(9-11(14)2)21(18,19)20/h3-9H,1-2H3,(H,16,17)(H,18,19,20). The van der Waals surface area contributed by atoms with E-state index in [1.54, 1.807) is 19.1 Å². The Balaban J connectivity index is 2.24. The number of benzene rings is 2. The molecule has 0 spiro atoms. The first-order valence-electron chi connectivity index (χ1n) is 6.23. The van der Waals surface area contributed by atoms with E-state index in [9.17, 15) is 13.2 Å². The number of carbonyl (C=O) groups excluding carboxylic acids is 1. The number of rotatable bonds is 3. The van der Waals surface area contributed by atoms with Crippen molar-refractivity contribution in [3.8, 4) is 0 Å². The Bertz CT molecular complexity index is 780. The molecule has 0 heterocycles. The van der Waals surface area contributed by atoms with Gasteiger partial charge in [0.1, 0.15) is 0 Å². The molecule has 0 aliphatic heterocycles. The minimum Gasteiger partial charge on any atom is -0.322 e. The van der Waals surface area contributed by atoms with Gasteiger partial charge in [-0.1, -0.05) is 17.7 Å². The summed E-state index contributed by atoms with van der Waals surface area (Å²) in [7, 11) is -4.24. The Morgan fingerprint density at radius 1 is 1.05 bits per heavy atom. The lowest BCUT2D eigenvalue weighted by molar-refractivity contribution is 0.102. The fourth-order valence-electron chi connectivity index (χ4n) is 1.84. The molecule has 1 amide bonds. The van der Waals surface area contributed by atoms with Crippen LogP contribution in [0.4, 0.5) is 5.69 Å². The maximum atomic E-state index is 12.1. The average molecular weight is 305 g/mol. The maximum absolute atomic E-state index is 12.1. The van der Waals surface area contributed by atoms with Crippen LogP contribution >= 0.6 is 0 Å². The topological polar surface area (TPSA) is 83.5 Å². The molecule has 0 atom stereocenters. The molecule has 110 valence electrons. The monoisotopic (exact) mass is 305 g/mol. The number of amides is 1. The van der Waals surface area contributed by atoms with Crippen LogP contribution in [0.15, 0.2) is 47.4 Å². The van der Waals surface area contributed by atoms with Gasteiger partial charge in [-0.25, -0.2) is 0 Å². The molecule has 6 heteroatoms. The van der Waals surface area contributed by atoms with Gasteiger partial charge in [-0.2, -0.15) is 8.42 Å². The summed E-state index contributed by atoms with van der Waals surface area (Å²) >= 11 is 0. The lowest BCUT2D eigenvalue weighted by Crippen LogP contribution is -2.13. The Labute approximate surface area is 123 Å². The lowest BCUT2D eigenvalue weighted by atomic mass is 10.1. The SMILES string of the molecule is Cc1ccc(C(=O)Nc2ccc(S(=O)(=O)O)cc2C)cc1. The normalized spacial score (nSPS) is 11.2. The van der Waals surface area contributed by atoms with Crippen molar-refractivity contribution < 1.29 is 17.8 Å². The van der Waals surface area contributed by atoms with Crippen LogP contribution in [0.5, 0.6) is 0 Å². The lowest BCUT2D eigenvalue weighted by Gasteiger charge is -2.09. The number of hydrogen-bond donors (Lipinski definition) is 2. The summed E-state index contributed by atoms with van der Waals surface area (Å²) in [5.74, 6) is -0.280. The fourth-order valence-corrected chi connectivity index (χ4v) is 2.40. The highest BCUT2D eigenvalue weighted by molar-refractivity contribution is 7.85. The van der Waals surface area contributed by atoms with E-state index >= 15 is 0 Å². The molecule has 0 aromatic heterocycles. The number of nitrogens with one attached hydrogen (secondary N) is 1. The molecule has 0 saturated carbocycles. The van der Waals surface area contributed by atoms with E-state index in [1.165, 1.54) is 18.2 Å². The molecule has 0 radical (unpaired) electrons. The van der Waals surface area contributed by atoms with Crippen LogP contribution in [0, 0.1) is 13.8 Å². The first-order chi connectivity index (χ1) is 9.77. The second-order valence-electron chi connectivity index (χ2n) is 4.77. The molecule has 2 aromatic carbocycles. The van der Waals surface area contributed by atoms with Crippen LogP contribution in [0.1, 0.15) is 21.5 Å². The van der Waals surface area contributed by atoms with Crippen molar-refractivity contribution >= 4 is 21.7 Å². The summed E-state index contributed by atoms with van der Waals surface area (Å²) in [5.41, 5.74) is 2.61. The van der Waals surface area contributed by atoms with Crippen molar-refractivity contribution in [2.45, 2.75) is 18.7 Å². The fraction of sp³-hybridized carbons (Fsp3) is 0.133. The van der Waals surface area contributed by atoms with Gasteiger partial charge in [0.25, 0.3) is 16.0 Å². The number of aryl methyl sites for hydroxylation is 2. The van der Waals surface area contributed by atoms with Gasteiger partial charge in [0.15, 0.2) is 0 Å². The van der Waals surface area contributed by atoms with Crippen molar-refractivity contribution in [3.05, 3.63) is 59.2 Å². The zero-order valence-electron chi connectivity index (χ0n) is 11.6. The van der Waals surface area contributed by atoms with E-state index in [2.05, 4.69) is 5.32 Å². The molecule has 0 aliphatic carbocycles. The van der Waals surface area contributed by atoms with Crippen molar-refractivity contribution in [2.75, 3.05) is 5.32 Å². The van der Waals surface area contributed by atoms with Gasteiger partial charge in [0.2, 0.25) is 0 Å². The third kappa shape index (κ3) is 3.68. The molecule has 2 N–H and O–H groups in total. The molecule has 0 saturated heterocycles. The Morgan fingerprint density at radius 3 is 2.19 bits per heavy atom. The number of hydrogen-bond acceptors (Lipinski definition) is 3. The van der Waals surface area contributed by atoms with Crippen molar-refractivity contribution in [2.24, 2.45) is 0 Å². The Hall–Kier alpha value is -2.18. The highest BCUT2D eigenvalue weighted by atomic mass is 32.2. The van der Waals surface area contributed by atoms with Gasteiger partial charge < -0.3 is 5.32 Å². The minimum atomic E-state index is -4.24. The van der Waals surface area contributed by atoms with E-state index < -0.39 is 10.1 Å². The van der Waals surface area contributed by atoms with Crippen LogP contribution in [0.3, 0.4) is 0 Å². The summed E-state index contributed by atoms with van der Waals surface area (Å²) in [4.78, 5) is 11.9. The maximum Gasteiger partial charge on any atom is 0.294 e. The zero-order chi connectivity index (χ0) is 15.6. The second-order valence-corrected chi connectivity index (χ2v) is 6.19. The first-order valence-corrected chi connectivity index (χ1v) is 7.67. The van der Waals surface area contributed by atoms with Gasteiger partial charge in [-0.3, -0.25) is 9.35 Å². The van der Waals surface area contributed by atoms with Crippen molar-refractivity contribution in [1.82, 2.24) is 0 Å². The van der Waals surface area contributed by atoms with Crippen LogP contribution in [0.2, 0.25) is 0 Å². The quantitative estimate of drug-likeness (QED) is 0.854. The van der Waals surface area contributed by atoms with Crippen molar-refractivity contribution in [1.29, 1.82) is 0 Å². The summed E-state index contributed by atoms with van der Waals surface area (Å²) in [6, 6.07) is 11.1. The second kappa shape index (κ2) is 5.67. The number of carbonyl (C=O) groups is 1. The summed E-state index contributed by atoms with van der Waals surface area (Å²) in [6.45, 7) is 3.58. The average Bonchev–Trinajstić information content (AvgIpc) is 2.40. The third-order valence-corrected chi connectivity index (χ3v) is 3.91. The van der Waals surface area contributed by atoms with Gasteiger partial charge in [-0.05, 0) is 49.7 Å². The van der Waals surface area contributed by atoms with Crippen LogP contribution in [-0.2, 0) is 10.1 Å². The smallest absolute Gasteiger partial charge is 0.294 e. The molecule has 2 aromatic rings. The van der Waals surface area contributed by atoms with Gasteiger partial charge in [-0.15, -0.1) is 0 Å². The van der Waals surface area contributed by atoms with E-state index in [-0.39, 0.29) is 10.8 Å². The predicted molar refractivity (Wildman–Crippen MR) is 80.1 cm³/mol. The van der Waals surface area contributed by atoms with E-state index in [0.717, 1.165) is 5.56 Å².